The number of carboxylic acids is 4. The number of hydrogen-bond acceptors (Lipinski definition) is 24. The molecule has 13 amide bonds. The molecule has 1 aliphatic rings. The maximum Gasteiger partial charge on any atom is 0.326 e. The van der Waals surface area contributed by atoms with E-state index in [1.807, 2.05) is 0 Å². The summed E-state index contributed by atoms with van der Waals surface area (Å²) in [4.78, 5) is 238. The molecule has 25 N–H and O–H groups in total. The number of aliphatic hydroxyl groups excluding tert-OH is 2. The lowest BCUT2D eigenvalue weighted by atomic mass is 9.96. The molecule has 1 aliphatic heterocycles. The number of unbranched alkanes of at least 4 members (excludes halogenated alkanes) is 1. The Morgan fingerprint density at radius 1 is 0.521 bits per heavy atom. The van der Waals surface area contributed by atoms with Crippen LogP contribution in [0.3, 0.4) is 0 Å². The Kier molecular flexibility index (Phi) is 38.3. The smallest absolute Gasteiger partial charge is 0.326 e. The van der Waals surface area contributed by atoms with E-state index >= 15 is 0 Å². The van der Waals surface area contributed by atoms with Crippen molar-refractivity contribution in [3.63, 3.8) is 0 Å². The molecule has 42 nitrogen and oxygen atoms in total. The lowest BCUT2D eigenvalue weighted by molar-refractivity contribution is -0.144. The van der Waals surface area contributed by atoms with Crippen molar-refractivity contribution in [3.05, 3.63) is 114 Å². The van der Waals surface area contributed by atoms with Gasteiger partial charge >= 0.3 is 23.9 Å². The first kappa shape index (κ1) is 94.9. The van der Waals surface area contributed by atoms with Crippen LogP contribution in [0, 0.1) is 5.92 Å². The highest BCUT2D eigenvalue weighted by atomic mass is 16.4. The van der Waals surface area contributed by atoms with Crippen molar-refractivity contribution < 1.29 is 122 Å². The predicted octanol–water partition coefficient (Wildman–Crippen LogP) is -5.67. The van der Waals surface area contributed by atoms with E-state index in [0.29, 0.717) is 36.0 Å². The largest absolute Gasteiger partial charge is 0.508 e. The molecule has 42 heteroatoms. The lowest BCUT2D eigenvalue weighted by Gasteiger charge is -2.31. The number of benzene rings is 3. The number of carbonyl (C=O) groups is 17. The van der Waals surface area contributed by atoms with E-state index in [9.17, 15) is 122 Å². The number of amides is 13. The number of aromatic hydroxyl groups is 2. The van der Waals surface area contributed by atoms with Gasteiger partial charge in [0.25, 0.3) is 0 Å². The van der Waals surface area contributed by atoms with Gasteiger partial charge in [0.1, 0.15) is 84.0 Å². The molecule has 5 rings (SSSR count). The summed E-state index contributed by atoms with van der Waals surface area (Å²) < 4.78 is 0. The molecular formula is C75H103N17O25. The van der Waals surface area contributed by atoms with Crippen molar-refractivity contribution in [2.45, 2.75) is 202 Å². The van der Waals surface area contributed by atoms with Crippen molar-refractivity contribution in [2.75, 3.05) is 26.2 Å². The van der Waals surface area contributed by atoms with Crippen LogP contribution in [0.5, 0.6) is 11.5 Å². The summed E-state index contributed by atoms with van der Waals surface area (Å²) in [5.41, 5.74) is 13.3. The standard InChI is InChI=1S/C75H103N17O25/c1-5-38(2)61(90-64(105)47(77)28-42-16-20-45(95)21-17-42)73(114)87-51(30-43-18-22-46(96)23-19-43)66(107)85-52(32-59(100)101)68(109)89-55(36-93)70(111)81-39(3)63(104)84-50(29-41-12-7-6-8-13-41)67(108)88-54(31-44-34-78-37-80-44)74(115)92-27-11-15-56(92)71(112)86-53(33-60(102)103)69(110)91-62(40(4)94)72(113)79-35-57(97)82-48(24-25-58(98)99)65(106)83-49(75(116)117)14-9-10-26-76/h6-8,12-13,16-23,34,37-40,47-56,61-62,93-96H,5,9-11,14-15,24-33,35-36,76-77H2,1-4H3,(H,78,80)(H,79,113)(H,81,111)(H,82,97)(H,83,106)(H,84,104)(H,85,107)(H,86,112)(H,87,114)(H,88,108)(H,89,109)(H,90,105)(H,91,110)(H,98,99)(H,100,101)(H,102,103)(H,116,117)/t38-,39-,40+,47-,48-,49-,50-,51-,52-,53-,54-,55-,56-,61-,62-/m0/s1. The molecule has 0 unspecified atom stereocenters. The third-order valence-electron chi connectivity index (χ3n) is 18.8. The molecule has 638 valence electrons. The number of aromatic nitrogens is 2. The number of nitrogens with zero attached hydrogens (tertiary/aromatic N) is 2. The van der Waals surface area contributed by atoms with Gasteiger partial charge in [-0.05, 0) is 112 Å². The fourth-order valence-corrected chi connectivity index (χ4v) is 12.1. The summed E-state index contributed by atoms with van der Waals surface area (Å²) in [5, 5.41) is 108. The van der Waals surface area contributed by atoms with Crippen molar-refractivity contribution in [1.82, 2.24) is 78.7 Å². The second-order valence-corrected chi connectivity index (χ2v) is 28.0. The number of hydrogen-bond donors (Lipinski definition) is 23. The Hall–Kier alpha value is -12.7. The lowest BCUT2D eigenvalue weighted by Crippen LogP contribution is -2.61. The Balaban J connectivity index is 1.29. The zero-order valence-corrected chi connectivity index (χ0v) is 64.6. The summed E-state index contributed by atoms with van der Waals surface area (Å²) >= 11 is 0. The van der Waals surface area contributed by atoms with Crippen molar-refractivity contribution in [3.8, 4) is 11.5 Å². The van der Waals surface area contributed by atoms with Gasteiger partial charge in [0.2, 0.25) is 76.8 Å². The number of carbonyl (C=O) groups excluding carboxylic acids is 13. The number of aliphatic carboxylic acids is 4. The number of aromatic amines is 1. The first-order chi connectivity index (χ1) is 55.4. The molecule has 0 bridgehead atoms. The number of nitrogens with one attached hydrogen (secondary N) is 13. The van der Waals surface area contributed by atoms with Crippen molar-refractivity contribution >= 4 is 101 Å². The van der Waals surface area contributed by atoms with E-state index in [1.54, 1.807) is 56.3 Å². The number of nitrogens with two attached hydrogens (primary N) is 2. The van der Waals surface area contributed by atoms with Crippen LogP contribution in [0.2, 0.25) is 0 Å². The van der Waals surface area contributed by atoms with Gasteiger partial charge in [-0.15, -0.1) is 0 Å². The van der Waals surface area contributed by atoms with Crippen LogP contribution < -0.4 is 75.3 Å². The highest BCUT2D eigenvalue weighted by Gasteiger charge is 2.42. The highest BCUT2D eigenvalue weighted by molar-refractivity contribution is 6.01. The Bertz CT molecular complexity index is 4100. The van der Waals surface area contributed by atoms with Crippen LogP contribution in [0.15, 0.2) is 91.4 Å². The second-order valence-electron chi connectivity index (χ2n) is 28.0. The number of phenolic OH excluding ortho intramolecular Hbond substituents is 2. The Morgan fingerprint density at radius 3 is 1.56 bits per heavy atom. The van der Waals surface area contributed by atoms with Gasteiger partial charge in [-0.25, -0.2) is 9.78 Å². The average molecular weight is 1640 g/mol. The summed E-state index contributed by atoms with van der Waals surface area (Å²) in [6, 6.07) is -2.27. The Morgan fingerprint density at radius 2 is 1.03 bits per heavy atom. The first-order valence-corrected chi connectivity index (χ1v) is 37.5. The summed E-state index contributed by atoms with van der Waals surface area (Å²) in [6.45, 7) is 3.41. The number of likely N-dealkylation sites (tertiary alicyclic amines) is 1. The van der Waals surface area contributed by atoms with Crippen LogP contribution in [0.1, 0.15) is 114 Å². The molecule has 1 saturated heterocycles. The minimum Gasteiger partial charge on any atom is -0.508 e. The molecule has 0 aliphatic carbocycles. The topological polar surface area (TPSA) is 680 Å². The molecule has 0 spiro atoms. The average Bonchev–Trinajstić information content (AvgIpc) is 1.76. The number of imidazole rings is 1. The van der Waals surface area contributed by atoms with Crippen LogP contribution in [-0.2, 0) is 107 Å². The molecule has 117 heavy (non-hydrogen) atoms. The van der Waals surface area contributed by atoms with Gasteiger partial charge in [-0.1, -0.05) is 74.9 Å². The van der Waals surface area contributed by atoms with Crippen molar-refractivity contribution in [2.24, 2.45) is 17.4 Å². The number of phenols is 2. The Labute approximate surface area is 670 Å². The third kappa shape index (κ3) is 31.5. The van der Waals surface area contributed by atoms with Gasteiger partial charge < -0.3 is 126 Å². The molecule has 15 atom stereocenters. The molecule has 1 aromatic heterocycles. The highest BCUT2D eigenvalue weighted by Crippen LogP contribution is 2.22. The number of aliphatic hydroxyl groups is 2. The number of carboxylic acid groups (broad SMARTS) is 4. The van der Waals surface area contributed by atoms with Crippen LogP contribution in [0.4, 0.5) is 0 Å². The van der Waals surface area contributed by atoms with E-state index in [2.05, 4.69) is 73.8 Å². The van der Waals surface area contributed by atoms with Gasteiger partial charge in [-0.2, -0.15) is 0 Å². The van der Waals surface area contributed by atoms with Crippen LogP contribution in [-0.4, -0.2) is 267 Å². The first-order valence-electron chi connectivity index (χ1n) is 37.5. The summed E-state index contributed by atoms with van der Waals surface area (Å²) in [6.07, 6.45) is -2.73. The van der Waals surface area contributed by atoms with E-state index < -0.39 is 230 Å². The second kappa shape index (κ2) is 47.2. The fraction of sp³-hybridized carbons (Fsp3) is 0.493. The van der Waals surface area contributed by atoms with Crippen LogP contribution in [0.25, 0.3) is 0 Å². The SMILES string of the molecule is CC[C@H](C)[C@H](NC(=O)[C@@H](N)Cc1ccc(O)cc1)C(=O)N[C@@H](Cc1ccc(O)cc1)C(=O)N[C@@H](CC(=O)O)C(=O)N[C@@H](CO)C(=O)N[C@@H](C)C(=O)N[C@@H](Cc1ccccc1)C(=O)N[C@@H](Cc1cnc[nH]1)C(=O)N1CCC[C@H]1C(=O)N[C@@H](CC(=O)O)C(=O)N[C@H](C(=O)NCC(=O)N[C@@H](CCC(=O)O)C(=O)N[C@@H](CCCCN)C(=O)O)[C@@H](C)O. The van der Waals surface area contributed by atoms with Gasteiger partial charge in [0.15, 0.2) is 0 Å². The molecule has 1 fully saturated rings. The van der Waals surface area contributed by atoms with E-state index in [4.69, 9.17) is 11.5 Å². The zero-order valence-electron chi connectivity index (χ0n) is 64.6. The van der Waals surface area contributed by atoms with E-state index in [-0.39, 0.29) is 75.2 Å². The minimum absolute atomic E-state index is 0.00131. The minimum atomic E-state index is -2.04. The quantitative estimate of drug-likeness (QED) is 0.0183. The van der Waals surface area contributed by atoms with E-state index in [1.165, 1.54) is 48.9 Å². The van der Waals surface area contributed by atoms with Gasteiger partial charge in [-0.3, -0.25) is 76.7 Å². The van der Waals surface area contributed by atoms with Gasteiger partial charge in [0.05, 0.1) is 44.5 Å². The fourth-order valence-electron chi connectivity index (χ4n) is 12.1. The predicted molar refractivity (Wildman–Crippen MR) is 409 cm³/mol. The molecular weight excluding hydrogens is 1540 g/mol. The maximum atomic E-state index is 14.9. The zero-order chi connectivity index (χ0) is 86.8. The number of rotatable bonds is 49. The van der Waals surface area contributed by atoms with Crippen molar-refractivity contribution in [1.29, 1.82) is 0 Å². The van der Waals surface area contributed by atoms with Gasteiger partial charge in [0, 0.05) is 44.1 Å². The molecule has 4 aromatic rings. The van der Waals surface area contributed by atoms with E-state index in [0.717, 1.165) is 18.7 Å². The summed E-state index contributed by atoms with van der Waals surface area (Å²) in [5.74, 6) is -21.3. The molecule has 0 radical (unpaired) electrons. The third-order valence-corrected chi connectivity index (χ3v) is 18.8. The van der Waals surface area contributed by atoms with Crippen LogP contribution >= 0.6 is 0 Å². The maximum absolute atomic E-state index is 14.9. The normalized spacial score (nSPS) is 16.0. The molecule has 2 heterocycles. The monoisotopic (exact) mass is 1640 g/mol. The number of H-pyrrole nitrogens is 1. The molecule has 3 aromatic carbocycles. The summed E-state index contributed by atoms with van der Waals surface area (Å²) in [7, 11) is 0. The molecule has 0 saturated carbocycles.